The smallest absolute Gasteiger partial charge is 0.226 e. The Bertz CT molecular complexity index is 493. The number of aromatic nitrogens is 1. The second-order valence-electron chi connectivity index (χ2n) is 4.75. The first kappa shape index (κ1) is 15.7. The summed E-state index contributed by atoms with van der Waals surface area (Å²) in [6.07, 6.45) is 2.90. The van der Waals surface area contributed by atoms with Gasteiger partial charge in [0.1, 0.15) is 6.26 Å². The Kier molecular flexibility index (Phi) is 6.06. The lowest BCUT2D eigenvalue weighted by Crippen LogP contribution is -2.18. The number of halogens is 1. The van der Waals surface area contributed by atoms with Crippen molar-refractivity contribution in [3.63, 3.8) is 0 Å². The molecule has 0 N–H and O–H groups in total. The van der Waals surface area contributed by atoms with E-state index in [1.807, 2.05) is 12.1 Å². The maximum Gasteiger partial charge on any atom is 0.226 e. The van der Waals surface area contributed by atoms with Gasteiger partial charge in [-0.3, -0.25) is 0 Å². The second kappa shape index (κ2) is 7.31. The van der Waals surface area contributed by atoms with E-state index >= 15 is 0 Å². The topological polar surface area (TPSA) is 29.3 Å². The van der Waals surface area contributed by atoms with Crippen molar-refractivity contribution >= 4 is 12.4 Å². The van der Waals surface area contributed by atoms with Crippen molar-refractivity contribution < 1.29 is 4.42 Å². The van der Waals surface area contributed by atoms with Crippen LogP contribution in [0, 0.1) is 6.92 Å². The molecule has 1 heterocycles. The Hall–Kier alpha value is -1.32. The van der Waals surface area contributed by atoms with Crippen molar-refractivity contribution in [3.8, 4) is 11.5 Å². The zero-order valence-corrected chi connectivity index (χ0v) is 12.5. The lowest BCUT2D eigenvalue weighted by molar-refractivity contribution is 0.323. The number of nitrogens with zero attached hydrogens (tertiary/aromatic N) is 2. The Morgan fingerprint density at radius 2 is 1.89 bits per heavy atom. The van der Waals surface area contributed by atoms with Gasteiger partial charge in [0.25, 0.3) is 0 Å². The predicted octanol–water partition coefficient (Wildman–Crippen LogP) is 3.91. The molecular weight excluding hydrogens is 260 g/mol. The molecule has 104 valence electrons. The standard InChI is InChI=1S/C15H20N2O.ClH/c1-4-9-17(3)10-14-11-18-15(16-14)13-7-5-12(2)6-8-13;/h5-8,11H,4,9-10H2,1-3H3;1H. The average Bonchev–Trinajstić information content (AvgIpc) is 2.78. The van der Waals surface area contributed by atoms with Gasteiger partial charge in [0.15, 0.2) is 0 Å². The lowest BCUT2D eigenvalue weighted by atomic mass is 10.1. The Balaban J connectivity index is 0.00000180. The SMILES string of the molecule is CCCN(C)Cc1coc(-c2ccc(C)cc2)n1.Cl. The van der Waals surface area contributed by atoms with Crippen molar-refractivity contribution in [2.75, 3.05) is 13.6 Å². The summed E-state index contributed by atoms with van der Waals surface area (Å²) in [7, 11) is 2.10. The molecule has 19 heavy (non-hydrogen) atoms. The van der Waals surface area contributed by atoms with E-state index in [0.29, 0.717) is 5.89 Å². The fourth-order valence-electron chi connectivity index (χ4n) is 1.95. The second-order valence-corrected chi connectivity index (χ2v) is 4.75. The van der Waals surface area contributed by atoms with E-state index in [1.54, 1.807) is 6.26 Å². The van der Waals surface area contributed by atoms with Gasteiger partial charge >= 0.3 is 0 Å². The number of aryl methyl sites for hydroxylation is 1. The number of oxazole rings is 1. The summed E-state index contributed by atoms with van der Waals surface area (Å²) < 4.78 is 5.53. The molecule has 3 nitrogen and oxygen atoms in total. The van der Waals surface area contributed by atoms with Crippen LogP contribution in [0.3, 0.4) is 0 Å². The quantitative estimate of drug-likeness (QED) is 0.831. The fraction of sp³-hybridized carbons (Fsp3) is 0.400. The Labute approximate surface area is 121 Å². The molecule has 1 aromatic carbocycles. The highest BCUT2D eigenvalue weighted by molar-refractivity contribution is 5.85. The maximum absolute atomic E-state index is 5.53. The summed E-state index contributed by atoms with van der Waals surface area (Å²) in [6, 6.07) is 8.23. The molecule has 0 spiro atoms. The number of hydrogen-bond donors (Lipinski definition) is 0. The van der Waals surface area contributed by atoms with Gasteiger partial charge in [0, 0.05) is 12.1 Å². The molecule has 0 atom stereocenters. The van der Waals surface area contributed by atoms with Crippen molar-refractivity contribution in [1.82, 2.24) is 9.88 Å². The third-order valence-corrected chi connectivity index (χ3v) is 2.89. The molecule has 1 aromatic heterocycles. The molecule has 0 aliphatic rings. The van der Waals surface area contributed by atoms with Crippen LogP contribution in [0.1, 0.15) is 24.6 Å². The minimum absolute atomic E-state index is 0. The molecule has 2 aromatic rings. The van der Waals surface area contributed by atoms with Crippen LogP contribution in [-0.2, 0) is 6.54 Å². The van der Waals surface area contributed by atoms with Gasteiger partial charge in [0.05, 0.1) is 5.69 Å². The number of hydrogen-bond acceptors (Lipinski definition) is 3. The summed E-state index contributed by atoms with van der Waals surface area (Å²) >= 11 is 0. The average molecular weight is 281 g/mol. The zero-order valence-electron chi connectivity index (χ0n) is 11.7. The van der Waals surface area contributed by atoms with Crippen molar-refractivity contribution in [2.24, 2.45) is 0 Å². The van der Waals surface area contributed by atoms with Gasteiger partial charge in [0.2, 0.25) is 5.89 Å². The molecule has 0 bridgehead atoms. The van der Waals surface area contributed by atoms with Gasteiger partial charge in [-0.15, -0.1) is 12.4 Å². The third kappa shape index (κ3) is 4.37. The molecule has 0 amide bonds. The van der Waals surface area contributed by atoms with Crippen LogP contribution < -0.4 is 0 Å². The van der Waals surface area contributed by atoms with E-state index in [4.69, 9.17) is 4.42 Å². The van der Waals surface area contributed by atoms with E-state index in [9.17, 15) is 0 Å². The molecule has 0 aliphatic carbocycles. The van der Waals surface area contributed by atoms with Crippen molar-refractivity contribution in [1.29, 1.82) is 0 Å². The Morgan fingerprint density at radius 1 is 1.21 bits per heavy atom. The maximum atomic E-state index is 5.53. The van der Waals surface area contributed by atoms with Crippen LogP contribution in [0.15, 0.2) is 34.9 Å². The van der Waals surface area contributed by atoms with Crippen molar-refractivity contribution in [3.05, 3.63) is 41.8 Å². The van der Waals surface area contributed by atoms with Gasteiger partial charge in [-0.1, -0.05) is 24.6 Å². The van der Waals surface area contributed by atoms with Gasteiger partial charge in [-0.05, 0) is 39.1 Å². The predicted molar refractivity (Wildman–Crippen MR) is 80.5 cm³/mol. The van der Waals surface area contributed by atoms with E-state index < -0.39 is 0 Å². The molecule has 0 saturated heterocycles. The largest absolute Gasteiger partial charge is 0.444 e. The lowest BCUT2D eigenvalue weighted by Gasteiger charge is -2.12. The highest BCUT2D eigenvalue weighted by atomic mass is 35.5. The summed E-state index contributed by atoms with van der Waals surface area (Å²) in [5.41, 5.74) is 3.26. The zero-order chi connectivity index (χ0) is 13.0. The summed E-state index contributed by atoms with van der Waals surface area (Å²) in [4.78, 5) is 6.77. The fourth-order valence-corrected chi connectivity index (χ4v) is 1.95. The van der Waals surface area contributed by atoms with Crippen molar-refractivity contribution in [2.45, 2.75) is 26.8 Å². The van der Waals surface area contributed by atoms with E-state index in [2.05, 4.69) is 42.9 Å². The van der Waals surface area contributed by atoms with Crippen LogP contribution in [0.5, 0.6) is 0 Å². The molecule has 0 unspecified atom stereocenters. The summed E-state index contributed by atoms with van der Waals surface area (Å²) in [5, 5.41) is 0. The van der Waals surface area contributed by atoms with Crippen LogP contribution in [0.25, 0.3) is 11.5 Å². The van der Waals surface area contributed by atoms with E-state index in [0.717, 1.165) is 30.8 Å². The summed E-state index contributed by atoms with van der Waals surface area (Å²) in [5.74, 6) is 0.704. The van der Waals surface area contributed by atoms with Gasteiger partial charge < -0.3 is 9.32 Å². The first-order chi connectivity index (χ1) is 8.69. The monoisotopic (exact) mass is 280 g/mol. The first-order valence-corrected chi connectivity index (χ1v) is 6.39. The van der Waals surface area contributed by atoms with Gasteiger partial charge in [-0.2, -0.15) is 0 Å². The highest BCUT2D eigenvalue weighted by Crippen LogP contribution is 2.19. The molecule has 4 heteroatoms. The number of rotatable bonds is 5. The number of benzene rings is 1. The van der Waals surface area contributed by atoms with Crippen LogP contribution in [-0.4, -0.2) is 23.5 Å². The van der Waals surface area contributed by atoms with Gasteiger partial charge in [-0.25, -0.2) is 4.98 Å². The van der Waals surface area contributed by atoms with Crippen LogP contribution in [0.4, 0.5) is 0 Å². The van der Waals surface area contributed by atoms with Crippen LogP contribution in [0.2, 0.25) is 0 Å². The third-order valence-electron chi connectivity index (χ3n) is 2.89. The highest BCUT2D eigenvalue weighted by Gasteiger charge is 2.08. The molecule has 0 fully saturated rings. The summed E-state index contributed by atoms with van der Waals surface area (Å²) in [6.45, 7) is 6.16. The minimum Gasteiger partial charge on any atom is -0.444 e. The molecular formula is C15H21ClN2O. The molecule has 0 saturated carbocycles. The van der Waals surface area contributed by atoms with Crippen LogP contribution >= 0.6 is 12.4 Å². The minimum atomic E-state index is 0. The normalized spacial score (nSPS) is 10.5. The first-order valence-electron chi connectivity index (χ1n) is 6.39. The van der Waals surface area contributed by atoms with E-state index in [-0.39, 0.29) is 12.4 Å². The molecule has 0 radical (unpaired) electrons. The Morgan fingerprint density at radius 3 is 2.53 bits per heavy atom. The molecule has 2 rings (SSSR count). The van der Waals surface area contributed by atoms with E-state index in [1.165, 1.54) is 5.56 Å². The molecule has 0 aliphatic heterocycles.